The van der Waals surface area contributed by atoms with Crippen molar-refractivity contribution >= 4 is 44.3 Å². The van der Waals surface area contributed by atoms with Gasteiger partial charge in [-0.2, -0.15) is 4.98 Å². The molecule has 0 amide bonds. The van der Waals surface area contributed by atoms with Crippen molar-refractivity contribution in [2.24, 2.45) is 0 Å². The van der Waals surface area contributed by atoms with Gasteiger partial charge in [0.1, 0.15) is 17.1 Å². The van der Waals surface area contributed by atoms with Crippen LogP contribution in [0.1, 0.15) is 12.8 Å². The molecule has 0 N–H and O–H groups in total. The van der Waals surface area contributed by atoms with Gasteiger partial charge in [-0.1, -0.05) is 0 Å². The number of fused-ring (bicyclic) bond motifs is 1. The first-order chi connectivity index (χ1) is 9.20. The lowest BCUT2D eigenvalue weighted by Gasteiger charge is -2.19. The molecule has 6 heteroatoms. The molecule has 4 nitrogen and oxygen atoms in total. The Kier molecular flexibility index (Phi) is 3.50. The summed E-state index contributed by atoms with van der Waals surface area (Å²) in [6.07, 6.45) is 2.37. The van der Waals surface area contributed by atoms with E-state index in [4.69, 9.17) is 16.3 Å². The first-order valence-electron chi connectivity index (χ1n) is 6.15. The normalized spacial score (nSPS) is 15.2. The van der Waals surface area contributed by atoms with E-state index in [1.807, 2.05) is 12.1 Å². The van der Waals surface area contributed by atoms with Gasteiger partial charge in [-0.25, -0.2) is 4.98 Å². The Bertz CT molecular complexity index is 629. The maximum atomic E-state index is 6.06. The van der Waals surface area contributed by atoms with Crippen molar-refractivity contribution < 1.29 is 4.74 Å². The van der Waals surface area contributed by atoms with Gasteiger partial charge < -0.3 is 9.64 Å². The molecule has 1 aliphatic rings. The monoisotopic (exact) mass is 341 g/mol. The van der Waals surface area contributed by atoms with Crippen LogP contribution in [0.15, 0.2) is 16.6 Å². The van der Waals surface area contributed by atoms with Crippen molar-refractivity contribution in [2.45, 2.75) is 12.8 Å². The van der Waals surface area contributed by atoms with Crippen LogP contribution in [0, 0.1) is 0 Å². The van der Waals surface area contributed by atoms with Crippen molar-refractivity contribution in [2.75, 3.05) is 25.1 Å². The predicted octanol–water partition coefficient (Wildman–Crippen LogP) is 3.65. The van der Waals surface area contributed by atoms with E-state index in [9.17, 15) is 0 Å². The molecule has 2 aromatic rings. The largest absolute Gasteiger partial charge is 0.494 e. The molecule has 1 saturated heterocycles. The fourth-order valence-electron chi connectivity index (χ4n) is 2.45. The summed E-state index contributed by atoms with van der Waals surface area (Å²) in [7, 11) is 1.63. The van der Waals surface area contributed by atoms with E-state index in [0.29, 0.717) is 5.75 Å². The first kappa shape index (κ1) is 12.9. The average Bonchev–Trinajstić information content (AvgIpc) is 2.92. The summed E-state index contributed by atoms with van der Waals surface area (Å²) in [5, 5.41) is 1.22. The van der Waals surface area contributed by atoms with Crippen LogP contribution in [0.5, 0.6) is 5.75 Å². The van der Waals surface area contributed by atoms with Gasteiger partial charge in [-0.3, -0.25) is 0 Å². The highest BCUT2D eigenvalue weighted by Gasteiger charge is 2.21. The lowest BCUT2D eigenvalue weighted by Crippen LogP contribution is -2.19. The molecule has 0 bridgehead atoms. The molecule has 1 aromatic carbocycles. The number of anilines is 1. The molecule has 2 heterocycles. The van der Waals surface area contributed by atoms with Crippen LogP contribution in [-0.4, -0.2) is 30.2 Å². The van der Waals surface area contributed by atoms with Crippen LogP contribution >= 0.6 is 27.5 Å². The molecule has 0 spiro atoms. The molecule has 3 rings (SSSR count). The molecule has 0 aliphatic carbocycles. The maximum absolute atomic E-state index is 6.06. The topological polar surface area (TPSA) is 38.2 Å². The Morgan fingerprint density at radius 2 is 2.00 bits per heavy atom. The smallest absolute Gasteiger partial charge is 0.225 e. The summed E-state index contributed by atoms with van der Waals surface area (Å²) in [4.78, 5) is 11.0. The lowest BCUT2D eigenvalue weighted by atomic mass is 10.2. The summed E-state index contributed by atoms with van der Waals surface area (Å²) in [6.45, 7) is 2.01. The van der Waals surface area contributed by atoms with Crippen LogP contribution in [0.4, 0.5) is 5.82 Å². The summed E-state index contributed by atoms with van der Waals surface area (Å²) in [5.74, 6) is 1.60. The molecule has 0 atom stereocenters. The number of halogens is 2. The first-order valence-corrected chi connectivity index (χ1v) is 7.32. The van der Waals surface area contributed by atoms with Crippen molar-refractivity contribution in [3.8, 4) is 5.75 Å². The Balaban J connectivity index is 2.31. The Labute approximate surface area is 124 Å². The van der Waals surface area contributed by atoms with Gasteiger partial charge in [0.2, 0.25) is 5.28 Å². The van der Waals surface area contributed by atoms with E-state index in [0.717, 1.165) is 34.3 Å². The second kappa shape index (κ2) is 5.13. The fraction of sp³-hybridized carbons (Fsp3) is 0.385. The van der Waals surface area contributed by atoms with E-state index in [2.05, 4.69) is 30.8 Å². The van der Waals surface area contributed by atoms with Crippen LogP contribution in [0.25, 0.3) is 10.9 Å². The van der Waals surface area contributed by atoms with E-state index < -0.39 is 0 Å². The second-order valence-electron chi connectivity index (χ2n) is 4.48. The molecule has 1 aliphatic heterocycles. The highest BCUT2D eigenvalue weighted by molar-refractivity contribution is 9.10. The predicted molar refractivity (Wildman–Crippen MR) is 80.2 cm³/mol. The standard InChI is InChI=1S/C13H13BrClN3O/c1-19-9-5-4-8(14)10-11(9)16-13(15)17-12(10)18-6-2-3-7-18/h4-5H,2-3,6-7H2,1H3. The van der Waals surface area contributed by atoms with Gasteiger partial charge in [-0.05, 0) is 52.5 Å². The quantitative estimate of drug-likeness (QED) is 0.781. The second-order valence-corrected chi connectivity index (χ2v) is 5.68. The van der Waals surface area contributed by atoms with E-state index in [1.54, 1.807) is 7.11 Å². The minimum atomic E-state index is 0.255. The third kappa shape index (κ3) is 2.25. The maximum Gasteiger partial charge on any atom is 0.225 e. The molecule has 1 aromatic heterocycles. The van der Waals surface area contributed by atoms with Crippen molar-refractivity contribution in [3.63, 3.8) is 0 Å². The Hall–Kier alpha value is -1.07. The minimum Gasteiger partial charge on any atom is -0.494 e. The number of hydrogen-bond donors (Lipinski definition) is 0. The number of aromatic nitrogens is 2. The highest BCUT2D eigenvalue weighted by atomic mass is 79.9. The SMILES string of the molecule is COc1ccc(Br)c2c(N3CCCC3)nc(Cl)nc12. The fourth-order valence-corrected chi connectivity index (χ4v) is 3.12. The van der Waals surface area contributed by atoms with Gasteiger partial charge in [0.15, 0.2) is 0 Å². The zero-order chi connectivity index (χ0) is 13.4. The van der Waals surface area contributed by atoms with Crippen molar-refractivity contribution in [1.29, 1.82) is 0 Å². The minimum absolute atomic E-state index is 0.255. The molecule has 0 unspecified atom stereocenters. The van der Waals surface area contributed by atoms with Crippen LogP contribution < -0.4 is 9.64 Å². The molecular formula is C13H13BrClN3O. The summed E-state index contributed by atoms with van der Waals surface area (Å²) in [5.41, 5.74) is 0.749. The summed E-state index contributed by atoms with van der Waals surface area (Å²) >= 11 is 9.64. The van der Waals surface area contributed by atoms with E-state index in [1.165, 1.54) is 12.8 Å². The molecular weight excluding hydrogens is 330 g/mol. The van der Waals surface area contributed by atoms with Gasteiger partial charge in [0, 0.05) is 17.6 Å². The number of nitrogens with zero attached hydrogens (tertiary/aromatic N) is 3. The Morgan fingerprint density at radius 3 is 2.68 bits per heavy atom. The molecule has 1 fully saturated rings. The zero-order valence-electron chi connectivity index (χ0n) is 10.5. The third-order valence-electron chi connectivity index (χ3n) is 3.34. The highest BCUT2D eigenvalue weighted by Crippen LogP contribution is 2.37. The summed E-state index contributed by atoms with van der Waals surface area (Å²) in [6, 6.07) is 3.83. The molecule has 100 valence electrons. The number of rotatable bonds is 2. The zero-order valence-corrected chi connectivity index (χ0v) is 12.8. The molecule has 19 heavy (non-hydrogen) atoms. The number of ether oxygens (including phenoxy) is 1. The summed E-state index contributed by atoms with van der Waals surface area (Å²) < 4.78 is 6.33. The van der Waals surface area contributed by atoms with E-state index in [-0.39, 0.29) is 5.28 Å². The lowest BCUT2D eigenvalue weighted by molar-refractivity contribution is 0.419. The Morgan fingerprint density at radius 1 is 1.26 bits per heavy atom. The van der Waals surface area contributed by atoms with E-state index >= 15 is 0 Å². The van der Waals surface area contributed by atoms with Gasteiger partial charge in [0.05, 0.1) is 12.5 Å². The van der Waals surface area contributed by atoms with Crippen LogP contribution in [-0.2, 0) is 0 Å². The van der Waals surface area contributed by atoms with Crippen LogP contribution in [0.2, 0.25) is 5.28 Å². The van der Waals surface area contributed by atoms with Crippen LogP contribution in [0.3, 0.4) is 0 Å². The van der Waals surface area contributed by atoms with Crippen molar-refractivity contribution in [3.05, 3.63) is 21.9 Å². The van der Waals surface area contributed by atoms with Gasteiger partial charge in [0.25, 0.3) is 0 Å². The number of benzene rings is 1. The van der Waals surface area contributed by atoms with Gasteiger partial charge in [-0.15, -0.1) is 0 Å². The number of methoxy groups -OCH3 is 1. The average molecular weight is 343 g/mol. The molecule has 0 saturated carbocycles. The van der Waals surface area contributed by atoms with Crippen molar-refractivity contribution in [1.82, 2.24) is 9.97 Å². The van der Waals surface area contributed by atoms with Gasteiger partial charge >= 0.3 is 0 Å². The molecule has 0 radical (unpaired) electrons. The number of hydrogen-bond acceptors (Lipinski definition) is 4. The third-order valence-corrected chi connectivity index (χ3v) is 4.17.